The largest absolute Gasteiger partial charge is 0.485 e. The van der Waals surface area contributed by atoms with Crippen LogP contribution in [0.5, 0.6) is 5.75 Å². The zero-order chi connectivity index (χ0) is 24.7. The van der Waals surface area contributed by atoms with E-state index in [-0.39, 0.29) is 5.56 Å². The monoisotopic (exact) mass is 464 g/mol. The molecule has 0 fully saturated rings. The lowest BCUT2D eigenvalue weighted by Crippen LogP contribution is -2.19. The maximum Gasteiger partial charge on any atom is 0.267 e. The molecule has 2 aromatic carbocycles. The van der Waals surface area contributed by atoms with Crippen molar-refractivity contribution < 1.29 is 4.74 Å². The van der Waals surface area contributed by atoms with E-state index in [2.05, 4.69) is 32.0 Å². The fourth-order valence-electron chi connectivity index (χ4n) is 4.40. The molecule has 176 valence electrons. The van der Waals surface area contributed by atoms with E-state index in [1.807, 2.05) is 67.9 Å². The van der Waals surface area contributed by atoms with E-state index in [0.717, 1.165) is 22.5 Å². The lowest BCUT2D eigenvalue weighted by Gasteiger charge is -2.13. The summed E-state index contributed by atoms with van der Waals surface area (Å²) in [5.41, 5.74) is 8.56. The van der Waals surface area contributed by atoms with Gasteiger partial charge in [0.15, 0.2) is 11.4 Å². The van der Waals surface area contributed by atoms with Gasteiger partial charge in [0, 0.05) is 11.9 Å². The van der Waals surface area contributed by atoms with E-state index in [0.29, 0.717) is 35.0 Å². The van der Waals surface area contributed by atoms with Crippen LogP contribution in [0.4, 0.5) is 0 Å². The van der Waals surface area contributed by atoms with Crippen molar-refractivity contribution in [1.29, 1.82) is 0 Å². The topological polar surface area (TPSA) is 61.4 Å². The summed E-state index contributed by atoms with van der Waals surface area (Å²) >= 11 is 0. The van der Waals surface area contributed by atoms with Gasteiger partial charge in [-0.15, -0.1) is 0 Å². The zero-order valence-corrected chi connectivity index (χ0v) is 20.7. The lowest BCUT2D eigenvalue weighted by atomic mass is 10.1. The maximum atomic E-state index is 13.6. The summed E-state index contributed by atoms with van der Waals surface area (Å²) in [6, 6.07) is 20.0. The van der Waals surface area contributed by atoms with Crippen molar-refractivity contribution in [2.75, 3.05) is 0 Å². The number of fused-ring (bicyclic) bond motifs is 1. The first-order valence-corrected chi connectivity index (χ1v) is 11.7. The van der Waals surface area contributed by atoms with Gasteiger partial charge in [0.2, 0.25) is 0 Å². The molecule has 0 atom stereocenters. The Morgan fingerprint density at radius 1 is 0.886 bits per heavy atom. The molecular weight excluding hydrogens is 436 g/mol. The third-order valence-electron chi connectivity index (χ3n) is 6.37. The second-order valence-electron chi connectivity index (χ2n) is 9.03. The number of para-hydroxylation sites is 1. The molecule has 5 rings (SSSR count). The highest BCUT2D eigenvalue weighted by Crippen LogP contribution is 2.25. The first-order chi connectivity index (χ1) is 16.8. The molecule has 5 aromatic rings. The van der Waals surface area contributed by atoms with Crippen molar-refractivity contribution in [3.63, 3.8) is 0 Å². The van der Waals surface area contributed by atoms with Crippen molar-refractivity contribution in [2.24, 2.45) is 0 Å². The van der Waals surface area contributed by atoms with E-state index in [9.17, 15) is 4.79 Å². The first-order valence-electron chi connectivity index (χ1n) is 11.7. The highest BCUT2D eigenvalue weighted by molar-refractivity contribution is 5.66. The minimum Gasteiger partial charge on any atom is -0.485 e. The molecule has 0 unspecified atom stereocenters. The molecule has 0 saturated heterocycles. The molecule has 0 radical (unpaired) electrons. The standard InChI is InChI=1S/C29H28N4O2/c1-18-12-13-19(2)23(15-18)17-35-26-11-8-14-32-28(26)30-22(5)27(29(32)34)24-16-21(4)33(31-24)25-10-7-6-9-20(25)3/h6-16H,17H2,1-5H3. The van der Waals surface area contributed by atoms with Crippen molar-refractivity contribution in [3.8, 4) is 22.7 Å². The van der Waals surface area contributed by atoms with Gasteiger partial charge >= 0.3 is 0 Å². The van der Waals surface area contributed by atoms with Crippen LogP contribution in [-0.2, 0) is 6.61 Å². The number of aromatic nitrogens is 4. The molecule has 6 heteroatoms. The molecule has 0 aliphatic heterocycles. The number of hydrogen-bond acceptors (Lipinski definition) is 4. The van der Waals surface area contributed by atoms with Gasteiger partial charge in [0.1, 0.15) is 12.3 Å². The Morgan fingerprint density at radius 3 is 2.49 bits per heavy atom. The van der Waals surface area contributed by atoms with Crippen LogP contribution in [0, 0.1) is 34.6 Å². The number of rotatable bonds is 5. The summed E-state index contributed by atoms with van der Waals surface area (Å²) < 4.78 is 9.57. The number of aryl methyl sites for hydroxylation is 5. The molecule has 3 heterocycles. The second-order valence-corrected chi connectivity index (χ2v) is 9.03. The third-order valence-corrected chi connectivity index (χ3v) is 6.37. The number of pyridine rings is 1. The minimum absolute atomic E-state index is 0.167. The fourth-order valence-corrected chi connectivity index (χ4v) is 4.40. The first kappa shape index (κ1) is 22.6. The summed E-state index contributed by atoms with van der Waals surface area (Å²) in [5.74, 6) is 0.571. The van der Waals surface area contributed by atoms with Crippen LogP contribution >= 0.6 is 0 Å². The molecule has 0 saturated carbocycles. The van der Waals surface area contributed by atoms with Crippen molar-refractivity contribution >= 4 is 5.65 Å². The summed E-state index contributed by atoms with van der Waals surface area (Å²) in [5, 5.41) is 4.79. The van der Waals surface area contributed by atoms with Crippen LogP contribution in [0.2, 0.25) is 0 Å². The molecule has 3 aromatic heterocycles. The molecule has 35 heavy (non-hydrogen) atoms. The highest BCUT2D eigenvalue weighted by Gasteiger charge is 2.19. The smallest absolute Gasteiger partial charge is 0.267 e. The van der Waals surface area contributed by atoms with Crippen molar-refractivity contribution in [2.45, 2.75) is 41.2 Å². The molecule has 0 aliphatic carbocycles. The SMILES string of the molecule is Cc1ccc(C)c(COc2cccn3c(=O)c(-c4cc(C)n(-c5ccccc5C)n4)c(C)nc23)c1. The summed E-state index contributed by atoms with van der Waals surface area (Å²) in [4.78, 5) is 18.4. The van der Waals surface area contributed by atoms with Gasteiger partial charge in [-0.1, -0.05) is 42.0 Å². The zero-order valence-electron chi connectivity index (χ0n) is 20.7. The van der Waals surface area contributed by atoms with Crippen LogP contribution in [0.3, 0.4) is 0 Å². The minimum atomic E-state index is -0.167. The Hall–Kier alpha value is -4.19. The van der Waals surface area contributed by atoms with Crippen molar-refractivity contribution in [1.82, 2.24) is 19.2 Å². The number of ether oxygens (including phenoxy) is 1. The van der Waals surface area contributed by atoms with E-state index >= 15 is 0 Å². The molecule has 0 bridgehead atoms. The fraction of sp³-hybridized carbons (Fsp3) is 0.207. The van der Waals surface area contributed by atoms with Crippen LogP contribution in [0.25, 0.3) is 22.6 Å². The third kappa shape index (κ3) is 4.12. The van der Waals surface area contributed by atoms with Crippen LogP contribution < -0.4 is 10.3 Å². The quantitative estimate of drug-likeness (QED) is 0.336. The van der Waals surface area contributed by atoms with E-state index in [4.69, 9.17) is 14.8 Å². The molecule has 0 aliphatic rings. The average molecular weight is 465 g/mol. The maximum absolute atomic E-state index is 13.6. The van der Waals surface area contributed by atoms with Gasteiger partial charge in [0.25, 0.3) is 5.56 Å². The summed E-state index contributed by atoms with van der Waals surface area (Å²) in [6.45, 7) is 10.4. The van der Waals surface area contributed by atoms with Crippen LogP contribution in [-0.4, -0.2) is 19.2 Å². The number of nitrogens with zero attached hydrogens (tertiary/aromatic N) is 4. The number of benzene rings is 2. The van der Waals surface area contributed by atoms with Gasteiger partial charge in [-0.25, -0.2) is 9.67 Å². The Labute approximate surface area is 204 Å². The van der Waals surface area contributed by atoms with Gasteiger partial charge in [-0.05, 0) is 75.6 Å². The second kappa shape index (κ2) is 8.87. The molecule has 6 nitrogen and oxygen atoms in total. The Kier molecular flexibility index (Phi) is 5.73. The predicted octanol–water partition coefficient (Wildman–Crippen LogP) is 5.67. The molecule has 0 N–H and O–H groups in total. The molecular formula is C29H28N4O2. The normalized spacial score (nSPS) is 11.2. The Balaban J connectivity index is 1.56. The predicted molar refractivity (Wildman–Crippen MR) is 138 cm³/mol. The van der Waals surface area contributed by atoms with E-state index in [1.54, 1.807) is 10.6 Å². The summed E-state index contributed by atoms with van der Waals surface area (Å²) in [6.07, 6.45) is 1.73. The van der Waals surface area contributed by atoms with Gasteiger partial charge in [0.05, 0.1) is 16.9 Å². The van der Waals surface area contributed by atoms with Crippen LogP contribution in [0.1, 0.15) is 33.6 Å². The van der Waals surface area contributed by atoms with Crippen molar-refractivity contribution in [3.05, 3.63) is 111 Å². The van der Waals surface area contributed by atoms with E-state index in [1.165, 1.54) is 11.1 Å². The molecule has 0 amide bonds. The Morgan fingerprint density at radius 2 is 1.69 bits per heavy atom. The number of hydrogen-bond donors (Lipinski definition) is 0. The van der Waals surface area contributed by atoms with Crippen LogP contribution in [0.15, 0.2) is 71.7 Å². The average Bonchev–Trinajstić information content (AvgIpc) is 3.20. The van der Waals surface area contributed by atoms with E-state index < -0.39 is 0 Å². The molecule has 0 spiro atoms. The van der Waals surface area contributed by atoms with Gasteiger partial charge in [-0.2, -0.15) is 5.10 Å². The van der Waals surface area contributed by atoms with Gasteiger partial charge < -0.3 is 4.74 Å². The van der Waals surface area contributed by atoms with Gasteiger partial charge in [-0.3, -0.25) is 9.20 Å². The lowest BCUT2D eigenvalue weighted by molar-refractivity contribution is 0.307. The highest BCUT2D eigenvalue weighted by atomic mass is 16.5. The Bertz CT molecular complexity index is 1630. The summed E-state index contributed by atoms with van der Waals surface area (Å²) in [7, 11) is 0.